The zero-order chi connectivity index (χ0) is 12.3. The van der Waals surface area contributed by atoms with Crippen LogP contribution in [0.25, 0.3) is 0 Å². The molecule has 2 N–H and O–H groups in total. The SMILES string of the molecule is COCc1c(CCN)nnn1C(C)C1CCC1. The molecule has 5 heteroatoms. The highest BCUT2D eigenvalue weighted by Gasteiger charge is 2.28. The van der Waals surface area contributed by atoms with Crippen molar-refractivity contribution in [1.82, 2.24) is 15.0 Å². The summed E-state index contributed by atoms with van der Waals surface area (Å²) in [5.41, 5.74) is 7.67. The summed E-state index contributed by atoms with van der Waals surface area (Å²) in [5, 5.41) is 8.53. The van der Waals surface area contributed by atoms with Gasteiger partial charge in [0.25, 0.3) is 0 Å². The molecule has 1 aromatic rings. The number of ether oxygens (including phenoxy) is 1. The second-order valence-electron chi connectivity index (χ2n) is 4.83. The first kappa shape index (κ1) is 12.5. The summed E-state index contributed by atoms with van der Waals surface area (Å²) in [6, 6.07) is 0.424. The second-order valence-corrected chi connectivity index (χ2v) is 4.83. The average Bonchev–Trinajstić information content (AvgIpc) is 2.60. The van der Waals surface area contributed by atoms with Crippen LogP contribution in [0.1, 0.15) is 43.6 Å². The normalized spacial score (nSPS) is 18.1. The van der Waals surface area contributed by atoms with Crippen molar-refractivity contribution >= 4 is 0 Å². The summed E-state index contributed by atoms with van der Waals surface area (Å²) in [6.45, 7) is 3.40. The van der Waals surface area contributed by atoms with Gasteiger partial charge in [-0.15, -0.1) is 5.10 Å². The fourth-order valence-electron chi connectivity index (χ4n) is 2.41. The van der Waals surface area contributed by atoms with Crippen molar-refractivity contribution in [1.29, 1.82) is 0 Å². The molecule has 0 saturated heterocycles. The van der Waals surface area contributed by atoms with E-state index < -0.39 is 0 Å². The molecule has 1 atom stereocenters. The molecule has 1 aliphatic carbocycles. The number of aromatic nitrogens is 3. The lowest BCUT2D eigenvalue weighted by Crippen LogP contribution is -2.25. The van der Waals surface area contributed by atoms with E-state index in [1.54, 1.807) is 7.11 Å². The molecule has 1 aromatic heterocycles. The predicted molar refractivity (Wildman–Crippen MR) is 65.5 cm³/mol. The van der Waals surface area contributed by atoms with E-state index in [0.29, 0.717) is 19.2 Å². The third-order valence-corrected chi connectivity index (χ3v) is 3.75. The van der Waals surface area contributed by atoms with Crippen LogP contribution in [0.5, 0.6) is 0 Å². The van der Waals surface area contributed by atoms with Gasteiger partial charge in [0.1, 0.15) is 0 Å². The van der Waals surface area contributed by atoms with Crippen LogP contribution < -0.4 is 5.73 Å². The lowest BCUT2D eigenvalue weighted by molar-refractivity contribution is 0.158. The monoisotopic (exact) mass is 238 g/mol. The second kappa shape index (κ2) is 5.60. The molecule has 1 aliphatic rings. The number of nitrogens with two attached hydrogens (primary N) is 1. The molecule has 0 bridgehead atoms. The van der Waals surface area contributed by atoms with Crippen LogP contribution in [0.3, 0.4) is 0 Å². The molecule has 0 radical (unpaired) electrons. The summed E-state index contributed by atoms with van der Waals surface area (Å²) in [5.74, 6) is 0.748. The van der Waals surface area contributed by atoms with Crippen molar-refractivity contribution in [2.24, 2.45) is 11.7 Å². The van der Waals surface area contributed by atoms with Gasteiger partial charge < -0.3 is 10.5 Å². The van der Waals surface area contributed by atoms with Gasteiger partial charge in [0, 0.05) is 13.5 Å². The van der Waals surface area contributed by atoms with Gasteiger partial charge in [0.15, 0.2) is 0 Å². The maximum atomic E-state index is 5.59. The number of methoxy groups -OCH3 is 1. The summed E-state index contributed by atoms with van der Waals surface area (Å²) in [7, 11) is 1.71. The minimum absolute atomic E-state index is 0.424. The zero-order valence-electron chi connectivity index (χ0n) is 10.7. The lowest BCUT2D eigenvalue weighted by Gasteiger charge is -2.32. The molecule has 1 fully saturated rings. The first-order valence-corrected chi connectivity index (χ1v) is 6.39. The third-order valence-electron chi connectivity index (χ3n) is 3.75. The summed E-state index contributed by atoms with van der Waals surface area (Å²) in [6.07, 6.45) is 4.73. The van der Waals surface area contributed by atoms with E-state index in [4.69, 9.17) is 10.5 Å². The molecule has 0 spiro atoms. The van der Waals surface area contributed by atoms with Gasteiger partial charge in [-0.25, -0.2) is 4.68 Å². The van der Waals surface area contributed by atoms with Crippen molar-refractivity contribution in [3.63, 3.8) is 0 Å². The summed E-state index contributed by atoms with van der Waals surface area (Å²) < 4.78 is 7.29. The van der Waals surface area contributed by atoms with Crippen molar-refractivity contribution in [3.8, 4) is 0 Å². The molecule has 2 rings (SSSR count). The molecule has 0 aliphatic heterocycles. The minimum Gasteiger partial charge on any atom is -0.378 e. The Morgan fingerprint density at radius 2 is 2.29 bits per heavy atom. The van der Waals surface area contributed by atoms with Gasteiger partial charge in [0.05, 0.1) is 24.0 Å². The molecule has 5 nitrogen and oxygen atoms in total. The Balaban J connectivity index is 2.19. The molecule has 96 valence electrons. The number of hydrogen-bond donors (Lipinski definition) is 1. The van der Waals surface area contributed by atoms with Crippen LogP contribution in [-0.2, 0) is 17.8 Å². The Morgan fingerprint density at radius 1 is 1.53 bits per heavy atom. The molecule has 0 amide bonds. The van der Waals surface area contributed by atoms with Gasteiger partial charge in [-0.1, -0.05) is 11.6 Å². The number of hydrogen-bond acceptors (Lipinski definition) is 4. The van der Waals surface area contributed by atoms with E-state index in [1.807, 2.05) is 4.68 Å². The fourth-order valence-corrected chi connectivity index (χ4v) is 2.41. The molecule has 1 unspecified atom stereocenters. The van der Waals surface area contributed by atoms with E-state index in [0.717, 1.165) is 23.7 Å². The van der Waals surface area contributed by atoms with E-state index in [9.17, 15) is 0 Å². The van der Waals surface area contributed by atoms with Gasteiger partial charge in [0.2, 0.25) is 0 Å². The van der Waals surface area contributed by atoms with Gasteiger partial charge in [-0.2, -0.15) is 0 Å². The first-order chi connectivity index (χ1) is 8.27. The minimum atomic E-state index is 0.424. The van der Waals surface area contributed by atoms with Crippen molar-refractivity contribution in [3.05, 3.63) is 11.4 Å². The molecule has 17 heavy (non-hydrogen) atoms. The molecular formula is C12H22N4O. The standard InChI is InChI=1S/C12H22N4O/c1-9(10-4-3-5-10)16-12(8-17-2)11(6-7-13)14-15-16/h9-10H,3-8,13H2,1-2H3. The molecule has 1 heterocycles. The Hall–Kier alpha value is -0.940. The lowest BCUT2D eigenvalue weighted by atomic mass is 9.80. The largest absolute Gasteiger partial charge is 0.378 e. The highest BCUT2D eigenvalue weighted by molar-refractivity contribution is 5.11. The smallest absolute Gasteiger partial charge is 0.0900 e. The average molecular weight is 238 g/mol. The highest BCUT2D eigenvalue weighted by atomic mass is 16.5. The van der Waals surface area contributed by atoms with E-state index in [2.05, 4.69) is 17.2 Å². The van der Waals surface area contributed by atoms with Crippen LogP contribution in [0.2, 0.25) is 0 Å². The number of nitrogens with zero attached hydrogens (tertiary/aromatic N) is 3. The van der Waals surface area contributed by atoms with E-state index in [1.165, 1.54) is 19.3 Å². The maximum Gasteiger partial charge on any atom is 0.0900 e. The molecule has 1 saturated carbocycles. The quantitative estimate of drug-likeness (QED) is 0.811. The molecular weight excluding hydrogens is 216 g/mol. The van der Waals surface area contributed by atoms with Crippen LogP contribution in [-0.4, -0.2) is 28.6 Å². The molecule has 0 aromatic carbocycles. The van der Waals surface area contributed by atoms with Gasteiger partial charge in [-0.05, 0) is 32.2 Å². The summed E-state index contributed by atoms with van der Waals surface area (Å²) in [4.78, 5) is 0. The highest BCUT2D eigenvalue weighted by Crippen LogP contribution is 2.36. The van der Waals surface area contributed by atoms with Gasteiger partial charge in [-0.3, -0.25) is 0 Å². The fraction of sp³-hybridized carbons (Fsp3) is 0.833. The van der Waals surface area contributed by atoms with E-state index >= 15 is 0 Å². The Morgan fingerprint density at radius 3 is 2.82 bits per heavy atom. The van der Waals surface area contributed by atoms with Crippen LogP contribution >= 0.6 is 0 Å². The van der Waals surface area contributed by atoms with Crippen LogP contribution in [0, 0.1) is 5.92 Å². The Labute approximate surface area is 102 Å². The van der Waals surface area contributed by atoms with E-state index in [-0.39, 0.29) is 0 Å². The predicted octanol–water partition coefficient (Wildman–Crippen LogP) is 1.29. The van der Waals surface area contributed by atoms with Crippen molar-refractivity contribution < 1.29 is 4.74 Å². The Bertz CT molecular complexity index is 359. The van der Waals surface area contributed by atoms with Crippen molar-refractivity contribution in [2.75, 3.05) is 13.7 Å². The van der Waals surface area contributed by atoms with Crippen LogP contribution in [0.15, 0.2) is 0 Å². The summed E-state index contributed by atoms with van der Waals surface area (Å²) >= 11 is 0. The number of rotatable bonds is 6. The Kier molecular flexibility index (Phi) is 4.12. The third kappa shape index (κ3) is 2.50. The van der Waals surface area contributed by atoms with Crippen molar-refractivity contribution in [2.45, 2.75) is 45.3 Å². The zero-order valence-corrected chi connectivity index (χ0v) is 10.7. The van der Waals surface area contributed by atoms with Gasteiger partial charge >= 0.3 is 0 Å². The van der Waals surface area contributed by atoms with Crippen LogP contribution in [0.4, 0.5) is 0 Å². The topological polar surface area (TPSA) is 66.0 Å². The first-order valence-electron chi connectivity index (χ1n) is 6.39. The maximum absolute atomic E-state index is 5.59.